The smallest absolute Gasteiger partial charge is 0.254 e. The molecule has 0 fully saturated rings. The Morgan fingerprint density at radius 2 is 2.09 bits per heavy atom. The molecule has 5 heteroatoms. The van der Waals surface area contributed by atoms with Gasteiger partial charge in [-0.3, -0.25) is 4.79 Å². The van der Waals surface area contributed by atoms with Crippen molar-refractivity contribution in [3.05, 3.63) is 63.7 Å². The number of hydrogen-bond acceptors (Lipinski definition) is 3. The van der Waals surface area contributed by atoms with Crippen molar-refractivity contribution >= 4 is 17.5 Å². The van der Waals surface area contributed by atoms with Crippen molar-refractivity contribution in [1.29, 1.82) is 0 Å². The molecule has 2 N–H and O–H groups in total. The van der Waals surface area contributed by atoms with Crippen LogP contribution in [0.2, 0.25) is 5.02 Å². The standard InChI is InChI=1S/C18H17ClN2O2/c19-14-5-6-16(22)17-13(14)7-8-20-15(17)10-21-9-11-3-1-2-4-12(11)18(21)23/h1-6,15,20,22H,7-10H2. The number of rotatable bonds is 2. The number of fused-ring (bicyclic) bond motifs is 2. The van der Waals surface area contributed by atoms with E-state index in [1.54, 1.807) is 12.1 Å². The van der Waals surface area contributed by atoms with E-state index in [1.165, 1.54) is 0 Å². The number of nitrogens with zero attached hydrogens (tertiary/aromatic N) is 1. The first-order chi connectivity index (χ1) is 11.1. The maximum atomic E-state index is 12.5. The molecule has 118 valence electrons. The highest BCUT2D eigenvalue weighted by Gasteiger charge is 2.32. The lowest BCUT2D eigenvalue weighted by atomic mass is 9.93. The fourth-order valence-electron chi connectivity index (χ4n) is 3.58. The van der Waals surface area contributed by atoms with Gasteiger partial charge in [0.2, 0.25) is 0 Å². The highest BCUT2D eigenvalue weighted by molar-refractivity contribution is 6.31. The minimum Gasteiger partial charge on any atom is -0.508 e. The van der Waals surface area contributed by atoms with E-state index in [1.807, 2.05) is 29.2 Å². The van der Waals surface area contributed by atoms with Crippen LogP contribution in [0.5, 0.6) is 5.75 Å². The Hall–Kier alpha value is -2.04. The summed E-state index contributed by atoms with van der Waals surface area (Å²) in [6.07, 6.45) is 0.785. The second-order valence-corrected chi connectivity index (χ2v) is 6.47. The van der Waals surface area contributed by atoms with E-state index in [4.69, 9.17) is 11.6 Å². The molecule has 0 saturated carbocycles. The molecule has 2 aromatic carbocycles. The molecule has 1 unspecified atom stereocenters. The monoisotopic (exact) mass is 328 g/mol. The molecular weight excluding hydrogens is 312 g/mol. The number of carbonyl (C=O) groups is 1. The van der Waals surface area contributed by atoms with Gasteiger partial charge in [0.1, 0.15) is 5.75 Å². The number of benzene rings is 2. The first-order valence-corrected chi connectivity index (χ1v) is 8.14. The van der Waals surface area contributed by atoms with Gasteiger partial charge in [-0.25, -0.2) is 0 Å². The molecule has 4 nitrogen and oxygen atoms in total. The van der Waals surface area contributed by atoms with Crippen LogP contribution in [0, 0.1) is 0 Å². The summed E-state index contributed by atoms with van der Waals surface area (Å²) in [5.41, 5.74) is 3.65. The van der Waals surface area contributed by atoms with Crippen LogP contribution in [-0.2, 0) is 13.0 Å². The van der Waals surface area contributed by atoms with Gasteiger partial charge in [-0.2, -0.15) is 0 Å². The lowest BCUT2D eigenvalue weighted by molar-refractivity contribution is 0.0759. The Morgan fingerprint density at radius 1 is 1.26 bits per heavy atom. The minimum atomic E-state index is -0.101. The third-order valence-electron chi connectivity index (χ3n) is 4.69. The van der Waals surface area contributed by atoms with Crippen molar-refractivity contribution in [3.8, 4) is 5.75 Å². The van der Waals surface area contributed by atoms with Crippen molar-refractivity contribution in [3.63, 3.8) is 0 Å². The highest BCUT2D eigenvalue weighted by Crippen LogP contribution is 2.36. The van der Waals surface area contributed by atoms with Crippen LogP contribution in [0.4, 0.5) is 0 Å². The molecule has 1 amide bonds. The molecular formula is C18H17ClN2O2. The van der Waals surface area contributed by atoms with Crippen LogP contribution in [-0.4, -0.2) is 29.0 Å². The maximum Gasteiger partial charge on any atom is 0.254 e. The number of aromatic hydroxyl groups is 1. The molecule has 23 heavy (non-hydrogen) atoms. The Morgan fingerprint density at radius 3 is 2.91 bits per heavy atom. The molecule has 0 spiro atoms. The maximum absolute atomic E-state index is 12.5. The Kier molecular flexibility index (Phi) is 3.51. The summed E-state index contributed by atoms with van der Waals surface area (Å²) in [6.45, 7) is 1.92. The number of nitrogens with one attached hydrogen (secondary N) is 1. The van der Waals surface area contributed by atoms with Crippen molar-refractivity contribution in [2.75, 3.05) is 13.1 Å². The largest absolute Gasteiger partial charge is 0.508 e. The molecule has 0 saturated heterocycles. The van der Waals surface area contributed by atoms with Gasteiger partial charge in [0.25, 0.3) is 5.91 Å². The summed E-state index contributed by atoms with van der Waals surface area (Å²) < 4.78 is 0. The van der Waals surface area contributed by atoms with Gasteiger partial charge in [-0.1, -0.05) is 29.8 Å². The molecule has 2 heterocycles. The summed E-state index contributed by atoms with van der Waals surface area (Å²) in [6, 6.07) is 11.0. The fourth-order valence-corrected chi connectivity index (χ4v) is 3.84. The molecule has 0 bridgehead atoms. The fraction of sp³-hybridized carbons (Fsp3) is 0.278. The molecule has 1 atom stereocenters. The van der Waals surface area contributed by atoms with Crippen molar-refractivity contribution in [2.24, 2.45) is 0 Å². The Balaban J connectivity index is 1.63. The molecule has 2 aliphatic heterocycles. The van der Waals surface area contributed by atoms with Crippen molar-refractivity contribution < 1.29 is 9.90 Å². The average molecular weight is 329 g/mol. The van der Waals surface area contributed by atoms with E-state index < -0.39 is 0 Å². The summed E-state index contributed by atoms with van der Waals surface area (Å²) >= 11 is 6.28. The first-order valence-electron chi connectivity index (χ1n) is 7.76. The zero-order valence-electron chi connectivity index (χ0n) is 12.6. The van der Waals surface area contributed by atoms with Crippen LogP contribution >= 0.6 is 11.6 Å². The molecule has 2 aromatic rings. The topological polar surface area (TPSA) is 52.6 Å². The summed E-state index contributed by atoms with van der Waals surface area (Å²) in [5.74, 6) is 0.293. The van der Waals surface area contributed by atoms with Crippen LogP contribution < -0.4 is 5.32 Å². The number of phenolic OH excluding ortho intramolecular Hbond substituents is 1. The van der Waals surface area contributed by atoms with Gasteiger partial charge >= 0.3 is 0 Å². The van der Waals surface area contributed by atoms with E-state index in [0.717, 1.165) is 35.2 Å². The van der Waals surface area contributed by atoms with Gasteiger partial charge in [0.15, 0.2) is 0 Å². The summed E-state index contributed by atoms with van der Waals surface area (Å²) in [4.78, 5) is 14.4. The third-order valence-corrected chi connectivity index (χ3v) is 5.04. The van der Waals surface area contributed by atoms with Crippen molar-refractivity contribution in [1.82, 2.24) is 10.2 Å². The van der Waals surface area contributed by atoms with Crippen LogP contribution in [0.3, 0.4) is 0 Å². The van der Waals surface area contributed by atoms with Crippen molar-refractivity contribution in [2.45, 2.75) is 19.0 Å². The van der Waals surface area contributed by atoms with Gasteiger partial charge in [-0.15, -0.1) is 0 Å². The molecule has 2 aliphatic rings. The SMILES string of the molecule is O=C1c2ccccc2CN1CC1NCCc2c(Cl)ccc(O)c21. The number of hydrogen-bond donors (Lipinski definition) is 2. The number of phenols is 1. The molecule has 0 radical (unpaired) electrons. The second kappa shape index (κ2) is 5.55. The number of carbonyl (C=O) groups excluding carboxylic acids is 1. The Labute approximate surface area is 139 Å². The minimum absolute atomic E-state index is 0.0519. The highest BCUT2D eigenvalue weighted by atomic mass is 35.5. The summed E-state index contributed by atoms with van der Waals surface area (Å²) in [5, 5.41) is 14.3. The average Bonchev–Trinajstić information content (AvgIpc) is 2.88. The molecule has 4 rings (SSSR count). The molecule has 0 aromatic heterocycles. The van der Waals surface area contributed by atoms with E-state index >= 15 is 0 Å². The first kappa shape index (κ1) is 14.5. The van der Waals surface area contributed by atoms with Crippen LogP contribution in [0.1, 0.15) is 33.1 Å². The number of amides is 1. The predicted octanol–water partition coefficient (Wildman–Crippen LogP) is 2.89. The zero-order valence-corrected chi connectivity index (χ0v) is 13.3. The van der Waals surface area contributed by atoms with Crippen LogP contribution in [0.15, 0.2) is 36.4 Å². The van der Waals surface area contributed by atoms with E-state index in [0.29, 0.717) is 18.1 Å². The lowest BCUT2D eigenvalue weighted by Crippen LogP contribution is -2.39. The van der Waals surface area contributed by atoms with Gasteiger partial charge in [-0.05, 0) is 42.3 Å². The van der Waals surface area contributed by atoms with Crippen LogP contribution in [0.25, 0.3) is 0 Å². The second-order valence-electron chi connectivity index (χ2n) is 6.06. The predicted molar refractivity (Wildman–Crippen MR) is 88.7 cm³/mol. The number of halogens is 1. The van der Waals surface area contributed by atoms with Gasteiger partial charge in [0, 0.05) is 29.2 Å². The Bertz CT molecular complexity index is 791. The normalized spacial score (nSPS) is 19.6. The third kappa shape index (κ3) is 2.38. The van der Waals surface area contributed by atoms with Gasteiger partial charge in [0.05, 0.1) is 6.04 Å². The molecule has 0 aliphatic carbocycles. The van der Waals surface area contributed by atoms with Gasteiger partial charge < -0.3 is 15.3 Å². The van der Waals surface area contributed by atoms with E-state index in [-0.39, 0.29) is 17.7 Å². The van der Waals surface area contributed by atoms with E-state index in [2.05, 4.69) is 5.32 Å². The lowest BCUT2D eigenvalue weighted by Gasteiger charge is -2.31. The van der Waals surface area contributed by atoms with E-state index in [9.17, 15) is 9.90 Å². The summed E-state index contributed by atoms with van der Waals surface area (Å²) in [7, 11) is 0. The quantitative estimate of drug-likeness (QED) is 0.891. The zero-order chi connectivity index (χ0) is 16.0.